The van der Waals surface area contributed by atoms with Crippen LogP contribution in [0.3, 0.4) is 0 Å². The van der Waals surface area contributed by atoms with Crippen molar-refractivity contribution in [2.45, 2.75) is 25.2 Å². The topological polar surface area (TPSA) is 111 Å². The summed E-state index contributed by atoms with van der Waals surface area (Å²) in [5.74, 6) is -1.82. The second kappa shape index (κ2) is 11.7. The number of carbonyl (C=O) groups excluding carboxylic acids is 1. The highest BCUT2D eigenvalue weighted by atomic mass is 19.1. The number of Topliss-reactive ketones (excluding diaryl/α,β-unsaturated/α-hetero) is 1. The number of nitrogens with zero attached hydrogens (tertiary/aromatic N) is 7. The second-order valence-electron chi connectivity index (χ2n) is 9.82. The van der Waals surface area contributed by atoms with Gasteiger partial charge in [0, 0.05) is 30.3 Å². The van der Waals surface area contributed by atoms with E-state index in [1.54, 1.807) is 48.3 Å². The highest BCUT2D eigenvalue weighted by Gasteiger charge is 2.35. The van der Waals surface area contributed by atoms with Crippen molar-refractivity contribution in [1.82, 2.24) is 34.0 Å². The molecule has 2 aromatic heterocycles. The van der Waals surface area contributed by atoms with Gasteiger partial charge in [0.15, 0.2) is 5.78 Å². The molecule has 0 fully saturated rings. The Labute approximate surface area is 233 Å². The minimum Gasteiger partial charge on any atom is -0.382 e. The second-order valence-corrected chi connectivity index (χ2v) is 9.82. The zero-order valence-electron chi connectivity index (χ0n) is 22.1. The van der Waals surface area contributed by atoms with Crippen molar-refractivity contribution in [2.24, 2.45) is 0 Å². The Morgan fingerprint density at radius 3 is 2.44 bits per heavy atom. The minimum atomic E-state index is -1.74. The van der Waals surface area contributed by atoms with Crippen LogP contribution in [0, 0.1) is 11.6 Å². The van der Waals surface area contributed by atoms with E-state index in [9.17, 15) is 23.5 Å². The smallest absolute Gasteiger partial charge is 0.350 e. The summed E-state index contributed by atoms with van der Waals surface area (Å²) in [4.78, 5) is 31.1. The Bertz CT molecular complexity index is 1690. The summed E-state index contributed by atoms with van der Waals surface area (Å²) in [5, 5.41) is 19.7. The summed E-state index contributed by atoms with van der Waals surface area (Å²) in [5.41, 5.74) is -0.316. The third-order valence-electron chi connectivity index (χ3n) is 6.64. The molecule has 0 saturated heterocycles. The number of ketones is 1. The molecule has 0 spiro atoms. The van der Waals surface area contributed by atoms with Gasteiger partial charge in [0.25, 0.3) is 0 Å². The van der Waals surface area contributed by atoms with Crippen LogP contribution in [0.15, 0.2) is 96.6 Å². The lowest BCUT2D eigenvalue weighted by atomic mass is 9.92. The van der Waals surface area contributed by atoms with Crippen LogP contribution in [0.1, 0.15) is 21.5 Å². The minimum absolute atomic E-state index is 0.00116. The first-order chi connectivity index (χ1) is 19.7. The number of rotatable bonds is 11. The van der Waals surface area contributed by atoms with E-state index in [0.29, 0.717) is 17.8 Å². The first-order valence-corrected chi connectivity index (χ1v) is 12.7. The van der Waals surface area contributed by atoms with Gasteiger partial charge < -0.3 is 5.11 Å². The fourth-order valence-corrected chi connectivity index (χ4v) is 4.72. The van der Waals surface area contributed by atoms with Crippen molar-refractivity contribution in [3.8, 4) is 5.69 Å². The zero-order chi connectivity index (χ0) is 29.0. The summed E-state index contributed by atoms with van der Waals surface area (Å²) < 4.78 is 32.1. The number of benzene rings is 3. The van der Waals surface area contributed by atoms with Crippen LogP contribution >= 0.6 is 0 Å². The molecule has 5 aromatic rings. The van der Waals surface area contributed by atoms with E-state index >= 15 is 0 Å². The van der Waals surface area contributed by atoms with Crippen LogP contribution in [0.25, 0.3) is 5.69 Å². The molecule has 0 radical (unpaired) electrons. The predicted molar refractivity (Wildman–Crippen MR) is 145 cm³/mol. The molecule has 0 saturated carbocycles. The van der Waals surface area contributed by atoms with Gasteiger partial charge in [-0.3, -0.25) is 9.69 Å². The molecule has 0 amide bonds. The predicted octanol–water partition coefficient (Wildman–Crippen LogP) is 2.81. The summed E-state index contributed by atoms with van der Waals surface area (Å²) in [6, 6.07) is 18.9. The molecule has 2 heterocycles. The molecule has 1 N–H and O–H groups in total. The summed E-state index contributed by atoms with van der Waals surface area (Å²) in [6.07, 6.45) is 4.08. The average Bonchev–Trinajstić information content (AvgIpc) is 3.59. The Morgan fingerprint density at radius 1 is 1.00 bits per heavy atom. The molecule has 210 valence electrons. The molecule has 10 nitrogen and oxygen atoms in total. The quantitative estimate of drug-likeness (QED) is 0.248. The average molecular weight is 560 g/mol. The van der Waals surface area contributed by atoms with Crippen LogP contribution in [-0.4, -0.2) is 58.5 Å². The first-order valence-electron chi connectivity index (χ1n) is 12.7. The van der Waals surface area contributed by atoms with Gasteiger partial charge in [-0.05, 0) is 30.8 Å². The van der Waals surface area contributed by atoms with Crippen LogP contribution in [0.2, 0.25) is 0 Å². The van der Waals surface area contributed by atoms with E-state index in [0.717, 1.165) is 22.4 Å². The highest BCUT2D eigenvalue weighted by Crippen LogP contribution is 2.28. The van der Waals surface area contributed by atoms with E-state index in [1.807, 2.05) is 18.2 Å². The van der Waals surface area contributed by atoms with E-state index < -0.39 is 22.9 Å². The van der Waals surface area contributed by atoms with Crippen molar-refractivity contribution < 1.29 is 18.7 Å². The van der Waals surface area contributed by atoms with Gasteiger partial charge in [0.05, 0.1) is 12.2 Å². The number of aliphatic hydroxyl groups is 1. The summed E-state index contributed by atoms with van der Waals surface area (Å²) in [7, 11) is 1.76. The third-order valence-corrected chi connectivity index (χ3v) is 6.64. The summed E-state index contributed by atoms with van der Waals surface area (Å²) >= 11 is 0. The van der Waals surface area contributed by atoms with Crippen LogP contribution in [0.4, 0.5) is 8.78 Å². The molecule has 0 aliphatic heterocycles. The standard InChI is InChI=1S/C29H27F2N7O3/c1-35(16-29(41,17-36-19-32-18-33-36)25-12-9-23(30)13-26(25)31)14-21-7-10-24(11-8-21)37-20-34-38(28(37)40)15-27(39)22-5-3-2-4-6-22/h2-13,18-20,41H,14-17H2,1H3. The lowest BCUT2D eigenvalue weighted by Gasteiger charge is -2.33. The SMILES string of the molecule is CN(Cc1ccc(-n2cnn(CC(=O)c3ccccc3)c2=O)cc1)CC(O)(Cn1cncn1)c1ccc(F)cc1F. The van der Waals surface area contributed by atoms with Crippen molar-refractivity contribution in [2.75, 3.05) is 13.6 Å². The van der Waals surface area contributed by atoms with E-state index in [4.69, 9.17) is 0 Å². The number of halogens is 2. The Kier molecular flexibility index (Phi) is 7.95. The van der Waals surface area contributed by atoms with E-state index in [-0.39, 0.29) is 31.0 Å². The van der Waals surface area contributed by atoms with Gasteiger partial charge in [-0.2, -0.15) is 10.2 Å². The van der Waals surface area contributed by atoms with Crippen molar-refractivity contribution in [1.29, 1.82) is 0 Å². The Morgan fingerprint density at radius 2 is 1.76 bits per heavy atom. The first kappa shape index (κ1) is 27.7. The van der Waals surface area contributed by atoms with Gasteiger partial charge >= 0.3 is 5.69 Å². The fraction of sp³-hybridized carbons (Fsp3) is 0.207. The molecule has 5 rings (SSSR count). The maximum Gasteiger partial charge on any atom is 0.350 e. The van der Waals surface area contributed by atoms with Gasteiger partial charge in [0.1, 0.15) is 42.8 Å². The molecule has 0 bridgehead atoms. The van der Waals surface area contributed by atoms with Crippen molar-refractivity contribution in [3.63, 3.8) is 0 Å². The van der Waals surface area contributed by atoms with E-state index in [2.05, 4.69) is 15.2 Å². The maximum atomic E-state index is 14.7. The number of aromatic nitrogens is 6. The lowest BCUT2D eigenvalue weighted by molar-refractivity contribution is -0.0175. The largest absolute Gasteiger partial charge is 0.382 e. The third kappa shape index (κ3) is 6.34. The van der Waals surface area contributed by atoms with Gasteiger partial charge in [-0.1, -0.05) is 48.5 Å². The molecule has 0 aliphatic rings. The Hall–Kier alpha value is -4.81. The normalized spacial score (nSPS) is 12.9. The van der Waals surface area contributed by atoms with Crippen LogP contribution in [-0.2, 0) is 25.2 Å². The molecular formula is C29H27F2N7O3. The molecule has 1 unspecified atom stereocenters. The molecule has 12 heteroatoms. The number of likely N-dealkylation sites (N-methyl/N-ethyl adjacent to an activating group) is 1. The Balaban J connectivity index is 1.29. The number of carbonyl (C=O) groups is 1. The van der Waals surface area contributed by atoms with Crippen molar-refractivity contribution in [3.05, 3.63) is 131 Å². The van der Waals surface area contributed by atoms with Gasteiger partial charge in [0.2, 0.25) is 0 Å². The van der Waals surface area contributed by atoms with Gasteiger partial charge in [-0.15, -0.1) is 0 Å². The molecule has 3 aromatic carbocycles. The van der Waals surface area contributed by atoms with Crippen LogP contribution in [0.5, 0.6) is 0 Å². The van der Waals surface area contributed by atoms with Crippen LogP contribution < -0.4 is 5.69 Å². The van der Waals surface area contributed by atoms with E-state index in [1.165, 1.54) is 34.3 Å². The number of hydrogen-bond donors (Lipinski definition) is 1. The lowest BCUT2D eigenvalue weighted by Crippen LogP contribution is -2.43. The maximum absolute atomic E-state index is 14.7. The molecule has 41 heavy (non-hydrogen) atoms. The molecular weight excluding hydrogens is 532 g/mol. The number of hydrogen-bond acceptors (Lipinski definition) is 7. The van der Waals surface area contributed by atoms with Gasteiger partial charge in [-0.25, -0.2) is 32.5 Å². The monoisotopic (exact) mass is 559 g/mol. The molecule has 0 aliphatic carbocycles. The highest BCUT2D eigenvalue weighted by molar-refractivity contribution is 5.95. The van der Waals surface area contributed by atoms with Crippen molar-refractivity contribution >= 4 is 5.78 Å². The molecule has 1 atom stereocenters. The summed E-state index contributed by atoms with van der Waals surface area (Å²) in [6.45, 7) is 0.102. The fourth-order valence-electron chi connectivity index (χ4n) is 4.72. The zero-order valence-corrected chi connectivity index (χ0v) is 22.1.